The molecule has 5 heterocycles. The lowest BCUT2D eigenvalue weighted by atomic mass is 9.77. The van der Waals surface area contributed by atoms with Gasteiger partial charge in [-0.1, -0.05) is 6.07 Å². The molecule has 1 saturated carbocycles. The zero-order valence-corrected chi connectivity index (χ0v) is 17.6. The topological polar surface area (TPSA) is 68.2 Å². The number of alkyl halides is 3. The number of pyridine rings is 3. The van der Waals surface area contributed by atoms with Gasteiger partial charge in [0.1, 0.15) is 11.8 Å². The van der Waals surface area contributed by atoms with Crippen molar-refractivity contribution < 1.29 is 22.7 Å². The van der Waals surface area contributed by atoms with E-state index in [2.05, 4.69) is 15.0 Å². The molecular formula is C24H21F3N4O2. The average Bonchev–Trinajstić information content (AvgIpc) is 2.84. The number of piperidine rings is 2. The molecule has 2 saturated heterocycles. The third-order valence-corrected chi connectivity index (χ3v) is 6.27. The van der Waals surface area contributed by atoms with Crippen molar-refractivity contribution in [1.82, 2.24) is 19.9 Å². The SMILES string of the molecule is O=C(c1ncccc1-c1ccccn1)N1C[C@@H]2CC[C@H]1[C@H](Oc1ccc(C(F)(F)F)cn1)C2. The molecule has 3 fully saturated rings. The van der Waals surface area contributed by atoms with E-state index in [0.717, 1.165) is 31.5 Å². The molecule has 6 nitrogen and oxygen atoms in total. The third-order valence-electron chi connectivity index (χ3n) is 6.27. The van der Waals surface area contributed by atoms with E-state index in [1.165, 1.54) is 6.07 Å². The lowest BCUT2D eigenvalue weighted by molar-refractivity contribution is -0.137. The summed E-state index contributed by atoms with van der Waals surface area (Å²) in [6, 6.07) is 11.1. The Morgan fingerprint density at radius 1 is 1.00 bits per heavy atom. The summed E-state index contributed by atoms with van der Waals surface area (Å²) in [5.41, 5.74) is 0.827. The van der Waals surface area contributed by atoms with E-state index in [1.54, 1.807) is 23.4 Å². The summed E-state index contributed by atoms with van der Waals surface area (Å²) < 4.78 is 44.4. The summed E-state index contributed by atoms with van der Waals surface area (Å²) in [5.74, 6) is 0.181. The second kappa shape index (κ2) is 8.46. The summed E-state index contributed by atoms with van der Waals surface area (Å²) in [4.78, 5) is 27.9. The molecular weight excluding hydrogens is 433 g/mol. The Hall–Kier alpha value is -3.49. The summed E-state index contributed by atoms with van der Waals surface area (Å²) >= 11 is 0. The van der Waals surface area contributed by atoms with Crippen LogP contribution in [0.1, 0.15) is 35.3 Å². The van der Waals surface area contributed by atoms with E-state index in [1.807, 2.05) is 24.3 Å². The zero-order valence-electron chi connectivity index (χ0n) is 17.6. The largest absolute Gasteiger partial charge is 0.472 e. The monoisotopic (exact) mass is 454 g/mol. The van der Waals surface area contributed by atoms with Crippen LogP contribution in [-0.4, -0.2) is 44.4 Å². The Morgan fingerprint density at radius 3 is 2.55 bits per heavy atom. The molecule has 3 aliphatic rings. The van der Waals surface area contributed by atoms with E-state index in [9.17, 15) is 18.0 Å². The molecule has 170 valence electrons. The second-order valence-electron chi connectivity index (χ2n) is 8.36. The summed E-state index contributed by atoms with van der Waals surface area (Å²) in [7, 11) is 0. The Kier molecular flexibility index (Phi) is 5.47. The average molecular weight is 454 g/mol. The van der Waals surface area contributed by atoms with Gasteiger partial charge < -0.3 is 9.64 Å². The summed E-state index contributed by atoms with van der Waals surface area (Å²) in [6.07, 6.45) is 1.69. The van der Waals surface area contributed by atoms with Gasteiger partial charge in [0, 0.05) is 36.8 Å². The Labute approximate surface area is 188 Å². The fourth-order valence-electron chi connectivity index (χ4n) is 4.71. The van der Waals surface area contributed by atoms with Gasteiger partial charge in [-0.3, -0.25) is 14.8 Å². The number of hydrogen-bond donors (Lipinski definition) is 0. The predicted octanol–water partition coefficient (Wildman–Crippen LogP) is 4.63. The van der Waals surface area contributed by atoms with E-state index in [0.29, 0.717) is 23.5 Å². The van der Waals surface area contributed by atoms with Crippen LogP contribution in [0.25, 0.3) is 11.3 Å². The van der Waals surface area contributed by atoms with Gasteiger partial charge in [0.05, 0.1) is 17.3 Å². The van der Waals surface area contributed by atoms with Gasteiger partial charge in [-0.15, -0.1) is 0 Å². The maximum absolute atomic E-state index is 13.6. The highest BCUT2D eigenvalue weighted by molar-refractivity contribution is 5.98. The molecule has 3 aromatic rings. The number of rotatable bonds is 4. The van der Waals surface area contributed by atoms with Gasteiger partial charge >= 0.3 is 6.18 Å². The molecule has 0 unspecified atom stereocenters. The molecule has 6 rings (SSSR count). The van der Waals surface area contributed by atoms with Crippen molar-refractivity contribution in [3.63, 3.8) is 0 Å². The summed E-state index contributed by atoms with van der Waals surface area (Å²) in [5, 5.41) is 0. The first-order valence-electron chi connectivity index (χ1n) is 10.8. The maximum atomic E-state index is 13.6. The number of fused-ring (bicyclic) bond motifs is 3. The second-order valence-corrected chi connectivity index (χ2v) is 8.36. The molecule has 3 atom stereocenters. The van der Waals surface area contributed by atoms with Gasteiger partial charge in [0.2, 0.25) is 5.88 Å². The van der Waals surface area contributed by atoms with Gasteiger partial charge in [0.25, 0.3) is 5.91 Å². The number of carbonyl (C=O) groups is 1. The first-order chi connectivity index (χ1) is 15.9. The van der Waals surface area contributed by atoms with E-state index < -0.39 is 11.7 Å². The van der Waals surface area contributed by atoms with Crippen molar-refractivity contribution in [2.45, 2.75) is 37.6 Å². The highest BCUT2D eigenvalue weighted by Gasteiger charge is 2.45. The molecule has 9 heteroatoms. The van der Waals surface area contributed by atoms with Crippen molar-refractivity contribution in [3.05, 3.63) is 72.3 Å². The fourth-order valence-corrected chi connectivity index (χ4v) is 4.71. The highest BCUT2D eigenvalue weighted by Crippen LogP contribution is 2.38. The first-order valence-corrected chi connectivity index (χ1v) is 10.8. The van der Waals surface area contributed by atoms with Crippen LogP contribution in [0.3, 0.4) is 0 Å². The van der Waals surface area contributed by atoms with Crippen molar-refractivity contribution in [3.8, 4) is 17.1 Å². The minimum atomic E-state index is -4.45. The Bertz CT molecular complexity index is 1140. The van der Waals surface area contributed by atoms with Crippen LogP contribution in [-0.2, 0) is 6.18 Å². The Morgan fingerprint density at radius 2 is 1.85 bits per heavy atom. The minimum absolute atomic E-state index is 0.125. The zero-order chi connectivity index (χ0) is 23.0. The number of ether oxygens (including phenoxy) is 1. The number of amides is 1. The molecule has 0 radical (unpaired) electrons. The van der Waals surface area contributed by atoms with Crippen molar-refractivity contribution in [2.75, 3.05) is 6.54 Å². The van der Waals surface area contributed by atoms with Crippen LogP contribution in [0.5, 0.6) is 5.88 Å². The molecule has 3 aromatic heterocycles. The molecule has 2 bridgehead atoms. The summed E-state index contributed by atoms with van der Waals surface area (Å²) in [6.45, 7) is 0.599. The van der Waals surface area contributed by atoms with Crippen LogP contribution >= 0.6 is 0 Å². The highest BCUT2D eigenvalue weighted by atomic mass is 19.4. The molecule has 33 heavy (non-hydrogen) atoms. The van der Waals surface area contributed by atoms with Gasteiger partial charge in [-0.05, 0) is 55.5 Å². The molecule has 1 aliphatic carbocycles. The van der Waals surface area contributed by atoms with Crippen LogP contribution in [0.2, 0.25) is 0 Å². The van der Waals surface area contributed by atoms with Crippen LogP contribution in [0.15, 0.2) is 61.1 Å². The number of halogens is 3. The number of hydrogen-bond acceptors (Lipinski definition) is 5. The molecule has 0 spiro atoms. The maximum Gasteiger partial charge on any atom is 0.417 e. The minimum Gasteiger partial charge on any atom is -0.472 e. The quantitative estimate of drug-likeness (QED) is 0.575. The van der Waals surface area contributed by atoms with Crippen LogP contribution in [0.4, 0.5) is 13.2 Å². The smallest absolute Gasteiger partial charge is 0.417 e. The van der Waals surface area contributed by atoms with Gasteiger partial charge in [-0.25, -0.2) is 4.98 Å². The first kappa shape index (κ1) is 21.4. The van der Waals surface area contributed by atoms with E-state index >= 15 is 0 Å². The van der Waals surface area contributed by atoms with Crippen molar-refractivity contribution >= 4 is 5.91 Å². The fraction of sp³-hybridized carbons (Fsp3) is 0.333. The van der Waals surface area contributed by atoms with Crippen LogP contribution in [0, 0.1) is 5.92 Å². The normalized spacial score (nSPS) is 22.3. The Balaban J connectivity index is 1.38. The molecule has 0 aromatic carbocycles. The van der Waals surface area contributed by atoms with E-state index in [-0.39, 0.29) is 29.9 Å². The number of carbonyl (C=O) groups excluding carboxylic acids is 1. The van der Waals surface area contributed by atoms with E-state index in [4.69, 9.17) is 4.74 Å². The van der Waals surface area contributed by atoms with Gasteiger partial charge in [-0.2, -0.15) is 13.2 Å². The lowest BCUT2D eigenvalue weighted by Gasteiger charge is -2.49. The number of aromatic nitrogens is 3. The van der Waals surface area contributed by atoms with Gasteiger partial charge in [0.15, 0.2) is 0 Å². The van der Waals surface area contributed by atoms with Crippen LogP contribution < -0.4 is 4.74 Å². The van der Waals surface area contributed by atoms with Crippen molar-refractivity contribution in [2.24, 2.45) is 5.92 Å². The third kappa shape index (κ3) is 4.27. The standard InChI is InChI=1S/C24H21F3N4O2/c25-24(26,27)16-7-9-21(30-13-16)33-20-12-15-6-8-19(20)31(14-15)23(32)22-17(4-3-11-29-22)18-5-1-2-10-28-18/h1-5,7,9-11,13,15,19-20H,6,8,12,14H2/t15-,19+,20-/m1/s1. The predicted molar refractivity (Wildman–Crippen MR) is 113 cm³/mol. The van der Waals surface area contributed by atoms with Crippen molar-refractivity contribution in [1.29, 1.82) is 0 Å². The molecule has 2 aliphatic heterocycles. The molecule has 0 N–H and O–H groups in total. The number of nitrogens with zero attached hydrogens (tertiary/aromatic N) is 4. The molecule has 1 amide bonds. The lowest BCUT2D eigenvalue weighted by Crippen LogP contribution is -2.59.